The van der Waals surface area contributed by atoms with Crippen molar-refractivity contribution in [2.24, 2.45) is 0 Å². The highest BCUT2D eigenvalue weighted by molar-refractivity contribution is 5.94. The molecule has 0 radical (unpaired) electrons. The first-order valence-corrected chi connectivity index (χ1v) is 4.97. The number of hydrogen-bond donors (Lipinski definition) is 3. The summed E-state index contributed by atoms with van der Waals surface area (Å²) in [5.74, 6) is -1.61. The largest absolute Gasteiger partial charge is 0.480 e. The maximum Gasteiger partial charge on any atom is 0.329 e. The number of amides is 1. The Bertz CT molecular complexity index is 370. The number of nitrogens with zero attached hydrogens (tertiary/aromatic N) is 2. The monoisotopic (exact) mass is 226 g/mol. The van der Waals surface area contributed by atoms with Gasteiger partial charge < -0.3 is 10.4 Å². The van der Waals surface area contributed by atoms with Crippen LogP contribution in [-0.2, 0) is 4.79 Å². The van der Waals surface area contributed by atoms with Crippen molar-refractivity contribution < 1.29 is 14.7 Å². The third-order valence-electron chi connectivity index (χ3n) is 2.60. The van der Waals surface area contributed by atoms with Crippen LogP contribution < -0.4 is 5.32 Å². The van der Waals surface area contributed by atoms with Crippen molar-refractivity contribution in [2.45, 2.75) is 32.2 Å². The summed E-state index contributed by atoms with van der Waals surface area (Å²) in [4.78, 5) is 26.4. The second kappa shape index (κ2) is 4.73. The Labute approximate surface area is 92.3 Å². The van der Waals surface area contributed by atoms with E-state index in [1.807, 2.05) is 0 Å². The molecule has 0 aliphatic rings. The third kappa shape index (κ3) is 2.18. The fourth-order valence-corrected chi connectivity index (χ4v) is 1.37. The van der Waals surface area contributed by atoms with E-state index in [4.69, 9.17) is 5.11 Å². The number of aliphatic carboxylic acids is 1. The Hall–Kier alpha value is -1.92. The predicted octanol–water partition coefficient (Wildman–Crippen LogP) is 0.178. The van der Waals surface area contributed by atoms with E-state index in [1.165, 1.54) is 6.33 Å². The zero-order valence-electron chi connectivity index (χ0n) is 9.15. The minimum Gasteiger partial charge on any atom is -0.480 e. The Balaban J connectivity index is 2.84. The molecule has 0 fully saturated rings. The summed E-state index contributed by atoms with van der Waals surface area (Å²) in [5.41, 5.74) is -1.25. The molecule has 1 amide bonds. The molecule has 7 heteroatoms. The Morgan fingerprint density at radius 3 is 2.50 bits per heavy atom. The molecule has 0 aliphatic heterocycles. The van der Waals surface area contributed by atoms with E-state index in [0.717, 1.165) is 0 Å². The number of hydrogen-bond acceptors (Lipinski definition) is 4. The average Bonchev–Trinajstić information content (AvgIpc) is 2.78. The molecule has 1 rings (SSSR count). The molecule has 16 heavy (non-hydrogen) atoms. The number of carbonyl (C=O) groups is 2. The number of carbonyl (C=O) groups excluding carboxylic acids is 1. The molecule has 88 valence electrons. The highest BCUT2D eigenvalue weighted by atomic mass is 16.4. The number of carboxylic acids is 1. The van der Waals surface area contributed by atoms with Gasteiger partial charge >= 0.3 is 5.97 Å². The van der Waals surface area contributed by atoms with Crippen molar-refractivity contribution in [2.75, 3.05) is 0 Å². The van der Waals surface area contributed by atoms with Gasteiger partial charge in [0.15, 0.2) is 0 Å². The predicted molar refractivity (Wildman–Crippen MR) is 54.8 cm³/mol. The fraction of sp³-hybridized carbons (Fsp3) is 0.556. The van der Waals surface area contributed by atoms with E-state index in [0.29, 0.717) is 12.8 Å². The number of nitrogens with one attached hydrogen (secondary N) is 2. The Morgan fingerprint density at radius 1 is 1.50 bits per heavy atom. The third-order valence-corrected chi connectivity index (χ3v) is 2.60. The second-order valence-corrected chi connectivity index (χ2v) is 3.38. The number of rotatable bonds is 5. The summed E-state index contributed by atoms with van der Waals surface area (Å²) in [7, 11) is 0. The lowest BCUT2D eigenvalue weighted by atomic mass is 9.93. The molecule has 1 heterocycles. The van der Waals surface area contributed by atoms with Crippen LogP contribution >= 0.6 is 0 Å². The van der Waals surface area contributed by atoms with Crippen LogP contribution in [0.3, 0.4) is 0 Å². The van der Waals surface area contributed by atoms with Crippen LogP contribution in [0.4, 0.5) is 0 Å². The molecule has 1 aromatic heterocycles. The molecule has 0 atom stereocenters. The van der Waals surface area contributed by atoms with Gasteiger partial charge in [-0.25, -0.2) is 9.78 Å². The van der Waals surface area contributed by atoms with Crippen LogP contribution in [0.15, 0.2) is 6.33 Å². The zero-order chi connectivity index (χ0) is 12.2. The maximum atomic E-state index is 11.6. The van der Waals surface area contributed by atoms with Crippen LogP contribution in [0, 0.1) is 0 Å². The standard InChI is InChI=1S/C9H14N4O3/c1-3-9(4-2,8(15)16)12-7(14)6-10-5-11-13-6/h5H,3-4H2,1-2H3,(H,12,14)(H,15,16)(H,10,11,13). The van der Waals surface area contributed by atoms with Crippen molar-refractivity contribution in [3.05, 3.63) is 12.2 Å². The summed E-state index contributed by atoms with van der Waals surface area (Å²) < 4.78 is 0. The zero-order valence-corrected chi connectivity index (χ0v) is 9.15. The van der Waals surface area contributed by atoms with Gasteiger partial charge in [-0.3, -0.25) is 9.89 Å². The van der Waals surface area contributed by atoms with E-state index in [1.54, 1.807) is 13.8 Å². The fourth-order valence-electron chi connectivity index (χ4n) is 1.37. The minimum atomic E-state index is -1.25. The van der Waals surface area contributed by atoms with Crippen molar-refractivity contribution in [3.63, 3.8) is 0 Å². The molecular formula is C9H14N4O3. The first-order chi connectivity index (χ1) is 7.55. The molecule has 0 saturated heterocycles. The topological polar surface area (TPSA) is 108 Å². The van der Waals surface area contributed by atoms with Crippen molar-refractivity contribution >= 4 is 11.9 Å². The van der Waals surface area contributed by atoms with Gasteiger partial charge in [0.1, 0.15) is 11.9 Å². The van der Waals surface area contributed by atoms with Crippen LogP contribution in [0.1, 0.15) is 37.3 Å². The van der Waals surface area contributed by atoms with E-state index in [9.17, 15) is 9.59 Å². The van der Waals surface area contributed by atoms with Crippen molar-refractivity contribution in [3.8, 4) is 0 Å². The molecule has 0 spiro atoms. The minimum absolute atomic E-state index is 0.00697. The van der Waals surface area contributed by atoms with Crippen LogP contribution in [0.25, 0.3) is 0 Å². The van der Waals surface area contributed by atoms with Gasteiger partial charge in [-0.05, 0) is 12.8 Å². The van der Waals surface area contributed by atoms with Gasteiger partial charge in [0.2, 0.25) is 5.82 Å². The highest BCUT2D eigenvalue weighted by Crippen LogP contribution is 2.15. The van der Waals surface area contributed by atoms with Crippen LogP contribution in [-0.4, -0.2) is 37.7 Å². The molecule has 0 unspecified atom stereocenters. The lowest BCUT2D eigenvalue weighted by Crippen LogP contribution is -2.53. The first kappa shape index (κ1) is 12.2. The van der Waals surface area contributed by atoms with Gasteiger partial charge in [-0.1, -0.05) is 13.8 Å². The van der Waals surface area contributed by atoms with Crippen LogP contribution in [0.5, 0.6) is 0 Å². The summed E-state index contributed by atoms with van der Waals surface area (Å²) in [5, 5.41) is 17.5. The highest BCUT2D eigenvalue weighted by Gasteiger charge is 2.37. The number of aromatic amines is 1. The normalized spacial score (nSPS) is 11.1. The number of carboxylic acid groups (broad SMARTS) is 1. The quantitative estimate of drug-likeness (QED) is 0.663. The van der Waals surface area contributed by atoms with Gasteiger partial charge in [-0.2, -0.15) is 5.10 Å². The van der Waals surface area contributed by atoms with E-state index in [-0.39, 0.29) is 5.82 Å². The average molecular weight is 226 g/mol. The lowest BCUT2D eigenvalue weighted by molar-refractivity contribution is -0.144. The molecule has 3 N–H and O–H groups in total. The van der Waals surface area contributed by atoms with Crippen molar-refractivity contribution in [1.29, 1.82) is 0 Å². The van der Waals surface area contributed by atoms with E-state index >= 15 is 0 Å². The molecule has 0 aliphatic carbocycles. The molecule has 1 aromatic rings. The number of H-pyrrole nitrogens is 1. The first-order valence-electron chi connectivity index (χ1n) is 4.97. The Kier molecular flexibility index (Phi) is 3.60. The van der Waals surface area contributed by atoms with Crippen LogP contribution in [0.2, 0.25) is 0 Å². The second-order valence-electron chi connectivity index (χ2n) is 3.38. The lowest BCUT2D eigenvalue weighted by Gasteiger charge is -2.27. The molecule has 7 nitrogen and oxygen atoms in total. The maximum absolute atomic E-state index is 11.6. The van der Waals surface area contributed by atoms with E-state index < -0.39 is 17.4 Å². The van der Waals surface area contributed by atoms with E-state index in [2.05, 4.69) is 20.5 Å². The van der Waals surface area contributed by atoms with Gasteiger partial charge in [0.05, 0.1) is 0 Å². The SMILES string of the molecule is CCC(CC)(NC(=O)c1ncn[nH]1)C(=O)O. The number of aromatic nitrogens is 3. The summed E-state index contributed by atoms with van der Waals surface area (Å²) in [6, 6.07) is 0. The van der Waals surface area contributed by atoms with Gasteiger partial charge in [0.25, 0.3) is 5.91 Å². The summed E-state index contributed by atoms with van der Waals surface area (Å²) in [6.07, 6.45) is 1.80. The van der Waals surface area contributed by atoms with Gasteiger partial charge in [-0.15, -0.1) is 0 Å². The molecule has 0 saturated carbocycles. The molecule has 0 aromatic carbocycles. The molecular weight excluding hydrogens is 212 g/mol. The van der Waals surface area contributed by atoms with Gasteiger partial charge in [0, 0.05) is 0 Å². The van der Waals surface area contributed by atoms with Crippen molar-refractivity contribution in [1.82, 2.24) is 20.5 Å². The summed E-state index contributed by atoms with van der Waals surface area (Å²) >= 11 is 0. The molecule has 0 bridgehead atoms. The summed E-state index contributed by atoms with van der Waals surface area (Å²) in [6.45, 7) is 3.41. The smallest absolute Gasteiger partial charge is 0.329 e. The Morgan fingerprint density at radius 2 is 2.12 bits per heavy atom.